The van der Waals surface area contributed by atoms with Gasteiger partial charge in [0.15, 0.2) is 0 Å². The molecule has 148 valence electrons. The lowest BCUT2D eigenvalue weighted by Crippen LogP contribution is -2.52. The van der Waals surface area contributed by atoms with Crippen LogP contribution in [0.4, 0.5) is 5.69 Å². The Kier molecular flexibility index (Phi) is 5.71. The van der Waals surface area contributed by atoms with Crippen LogP contribution in [-0.2, 0) is 6.42 Å². The molecule has 0 amide bonds. The first-order chi connectivity index (χ1) is 13.1. The maximum absolute atomic E-state index is 6.04. The lowest BCUT2D eigenvalue weighted by Gasteiger charge is -2.35. The average Bonchev–Trinajstić information content (AvgIpc) is 3.01. The van der Waals surface area contributed by atoms with Gasteiger partial charge in [0.05, 0.1) is 12.8 Å². The monoisotopic (exact) mass is 370 g/mol. The summed E-state index contributed by atoms with van der Waals surface area (Å²) in [7, 11) is 4.27. The highest BCUT2D eigenvalue weighted by Crippen LogP contribution is 2.39. The first-order valence-corrected chi connectivity index (χ1v) is 10.5. The first kappa shape index (κ1) is 18.8. The molecule has 1 aromatic carbocycles. The summed E-state index contributed by atoms with van der Waals surface area (Å²) in [5, 5.41) is 10.9. The van der Waals surface area contributed by atoms with E-state index in [1.54, 1.807) is 0 Å². The number of piperidine rings is 1. The van der Waals surface area contributed by atoms with Crippen molar-refractivity contribution in [2.75, 3.05) is 39.1 Å². The van der Waals surface area contributed by atoms with Crippen LogP contribution in [-0.4, -0.2) is 56.9 Å². The zero-order valence-corrected chi connectivity index (χ0v) is 17.0. The Hall–Kier alpha value is -1.56. The van der Waals surface area contributed by atoms with E-state index in [2.05, 4.69) is 60.1 Å². The van der Waals surface area contributed by atoms with Crippen molar-refractivity contribution in [3.63, 3.8) is 0 Å². The van der Waals surface area contributed by atoms with Gasteiger partial charge in [0.1, 0.15) is 5.75 Å². The molecule has 3 aliphatic rings. The zero-order valence-electron chi connectivity index (χ0n) is 17.0. The molecule has 0 spiro atoms. The van der Waals surface area contributed by atoms with Crippen molar-refractivity contribution in [1.82, 2.24) is 15.5 Å². The summed E-state index contributed by atoms with van der Waals surface area (Å²) >= 11 is 0. The van der Waals surface area contributed by atoms with Crippen LogP contribution in [0.1, 0.15) is 43.7 Å². The lowest BCUT2D eigenvalue weighted by atomic mass is 9.95. The van der Waals surface area contributed by atoms with Gasteiger partial charge in [-0.2, -0.15) is 0 Å². The molecule has 3 heterocycles. The van der Waals surface area contributed by atoms with Crippen LogP contribution in [0.3, 0.4) is 0 Å². The third-order valence-electron chi connectivity index (χ3n) is 6.16. The van der Waals surface area contributed by atoms with Crippen molar-refractivity contribution < 1.29 is 4.74 Å². The summed E-state index contributed by atoms with van der Waals surface area (Å²) in [6.45, 7) is 5.26. The van der Waals surface area contributed by atoms with E-state index in [4.69, 9.17) is 4.74 Å². The number of nitrogens with zero attached hydrogens (tertiary/aromatic N) is 1. The number of likely N-dealkylation sites (N-methyl/N-ethyl adjacent to an activating group) is 1. The summed E-state index contributed by atoms with van der Waals surface area (Å²) in [5.74, 6) is 1.12. The highest BCUT2D eigenvalue weighted by molar-refractivity contribution is 5.76. The number of rotatable bonds is 4. The molecule has 3 atom stereocenters. The van der Waals surface area contributed by atoms with Crippen LogP contribution in [0.25, 0.3) is 5.57 Å². The molecule has 1 aromatic rings. The molecule has 27 heavy (non-hydrogen) atoms. The van der Waals surface area contributed by atoms with Crippen LogP contribution < -0.4 is 20.7 Å². The van der Waals surface area contributed by atoms with E-state index in [0.717, 1.165) is 44.7 Å². The van der Waals surface area contributed by atoms with Gasteiger partial charge in [-0.3, -0.25) is 5.32 Å². The molecule has 1 fully saturated rings. The van der Waals surface area contributed by atoms with Gasteiger partial charge in [-0.05, 0) is 71.0 Å². The summed E-state index contributed by atoms with van der Waals surface area (Å²) < 4.78 is 6.04. The SMILES string of the molecule is CNC1CC(C)NC(Nc2cc3c(c(C4=CCN(C)CCC4)c2)OCC3)C1. The molecule has 1 saturated heterocycles. The summed E-state index contributed by atoms with van der Waals surface area (Å²) in [6.07, 6.45) is 8.32. The van der Waals surface area contributed by atoms with Gasteiger partial charge in [0.25, 0.3) is 0 Å². The standard InChI is InChI=1S/C22H34N4O/c1-15-11-18(23-2)14-21(24-15)25-19-12-17-7-10-27-22(17)20(13-19)16-5-4-8-26(3)9-6-16/h6,12-13,15,18,21,23-25H,4-5,7-11,14H2,1-3H3. The second-order valence-electron chi connectivity index (χ2n) is 8.43. The fourth-order valence-corrected chi connectivity index (χ4v) is 4.70. The van der Waals surface area contributed by atoms with E-state index in [9.17, 15) is 0 Å². The fraction of sp³-hybridized carbons (Fsp3) is 0.636. The average molecular weight is 371 g/mol. The maximum Gasteiger partial charge on any atom is 0.130 e. The molecule has 0 radical (unpaired) electrons. The van der Waals surface area contributed by atoms with E-state index >= 15 is 0 Å². The molecule has 3 N–H and O–H groups in total. The Morgan fingerprint density at radius 1 is 1.22 bits per heavy atom. The predicted molar refractivity (Wildman–Crippen MR) is 112 cm³/mol. The van der Waals surface area contributed by atoms with Crippen molar-refractivity contribution in [3.05, 3.63) is 29.3 Å². The number of hydrogen-bond acceptors (Lipinski definition) is 5. The van der Waals surface area contributed by atoms with Crippen LogP contribution in [0.2, 0.25) is 0 Å². The van der Waals surface area contributed by atoms with Gasteiger partial charge >= 0.3 is 0 Å². The highest BCUT2D eigenvalue weighted by atomic mass is 16.5. The number of fused-ring (bicyclic) bond motifs is 1. The van der Waals surface area contributed by atoms with Crippen molar-refractivity contribution >= 4 is 11.3 Å². The summed E-state index contributed by atoms with van der Waals surface area (Å²) in [4.78, 5) is 2.39. The Morgan fingerprint density at radius 3 is 2.96 bits per heavy atom. The van der Waals surface area contributed by atoms with Crippen molar-refractivity contribution in [3.8, 4) is 5.75 Å². The van der Waals surface area contributed by atoms with Crippen LogP contribution in [0.5, 0.6) is 5.75 Å². The molecule has 0 saturated carbocycles. The Balaban J connectivity index is 1.59. The molecular formula is C22H34N4O. The van der Waals surface area contributed by atoms with Crippen molar-refractivity contribution in [2.24, 2.45) is 0 Å². The largest absolute Gasteiger partial charge is 0.492 e. The lowest BCUT2D eigenvalue weighted by molar-refractivity contribution is 0.297. The third-order valence-corrected chi connectivity index (χ3v) is 6.16. The minimum Gasteiger partial charge on any atom is -0.492 e. The quantitative estimate of drug-likeness (QED) is 0.761. The molecule has 0 aromatic heterocycles. The van der Waals surface area contributed by atoms with Gasteiger partial charge in [-0.1, -0.05) is 6.08 Å². The first-order valence-electron chi connectivity index (χ1n) is 10.5. The minimum absolute atomic E-state index is 0.300. The van der Waals surface area contributed by atoms with Crippen LogP contribution in [0, 0.1) is 0 Å². The number of hydrogen-bond donors (Lipinski definition) is 3. The molecule has 0 aliphatic carbocycles. The molecular weight excluding hydrogens is 336 g/mol. The second-order valence-corrected chi connectivity index (χ2v) is 8.43. The molecule has 0 bridgehead atoms. The van der Waals surface area contributed by atoms with Gasteiger partial charge in [0, 0.05) is 41.9 Å². The highest BCUT2D eigenvalue weighted by Gasteiger charge is 2.26. The number of nitrogens with one attached hydrogen (secondary N) is 3. The zero-order chi connectivity index (χ0) is 18.8. The molecule has 5 heteroatoms. The van der Waals surface area contributed by atoms with Gasteiger partial charge in [0.2, 0.25) is 0 Å². The number of benzene rings is 1. The molecule has 3 unspecified atom stereocenters. The van der Waals surface area contributed by atoms with Crippen LogP contribution >= 0.6 is 0 Å². The smallest absolute Gasteiger partial charge is 0.130 e. The van der Waals surface area contributed by atoms with Crippen molar-refractivity contribution in [1.29, 1.82) is 0 Å². The number of allylic oxidation sites excluding steroid dienone is 1. The van der Waals surface area contributed by atoms with E-state index in [1.165, 1.54) is 35.2 Å². The van der Waals surface area contributed by atoms with Gasteiger partial charge < -0.3 is 20.3 Å². The Bertz CT molecular complexity index is 702. The Morgan fingerprint density at radius 2 is 2.11 bits per heavy atom. The van der Waals surface area contributed by atoms with Crippen molar-refractivity contribution in [2.45, 2.75) is 57.3 Å². The van der Waals surface area contributed by atoms with E-state index in [-0.39, 0.29) is 0 Å². The topological polar surface area (TPSA) is 48.6 Å². The second kappa shape index (κ2) is 8.21. The molecule has 5 nitrogen and oxygen atoms in total. The van der Waals surface area contributed by atoms with E-state index in [0.29, 0.717) is 18.2 Å². The third kappa shape index (κ3) is 4.31. The minimum atomic E-state index is 0.300. The van der Waals surface area contributed by atoms with E-state index in [1.807, 2.05) is 0 Å². The Labute approximate surface area is 163 Å². The normalized spacial score (nSPS) is 28.9. The summed E-state index contributed by atoms with van der Waals surface area (Å²) in [6, 6.07) is 5.70. The summed E-state index contributed by atoms with van der Waals surface area (Å²) in [5.41, 5.74) is 5.31. The van der Waals surface area contributed by atoms with Gasteiger partial charge in [-0.15, -0.1) is 0 Å². The van der Waals surface area contributed by atoms with E-state index < -0.39 is 0 Å². The number of anilines is 1. The van der Waals surface area contributed by atoms with Crippen LogP contribution in [0.15, 0.2) is 18.2 Å². The predicted octanol–water partition coefficient (Wildman–Crippen LogP) is 2.83. The van der Waals surface area contributed by atoms with Gasteiger partial charge in [-0.25, -0.2) is 0 Å². The fourth-order valence-electron chi connectivity index (χ4n) is 4.70. The number of ether oxygens (including phenoxy) is 1. The molecule has 4 rings (SSSR count). The molecule has 3 aliphatic heterocycles. The maximum atomic E-state index is 6.04.